The molecule has 0 spiro atoms. The minimum Gasteiger partial charge on any atom is -0.365 e. The van der Waals surface area contributed by atoms with Crippen molar-refractivity contribution in [2.24, 2.45) is 5.92 Å². The summed E-state index contributed by atoms with van der Waals surface area (Å²) < 4.78 is 0. The SMILES string of the molecule is C/C=C1/NC=CC1CC. The molecule has 1 aliphatic heterocycles. The van der Waals surface area contributed by atoms with Gasteiger partial charge >= 0.3 is 0 Å². The summed E-state index contributed by atoms with van der Waals surface area (Å²) in [7, 11) is 0. The monoisotopic (exact) mass is 123 g/mol. The van der Waals surface area contributed by atoms with Crippen molar-refractivity contribution >= 4 is 0 Å². The van der Waals surface area contributed by atoms with Crippen LogP contribution in [-0.2, 0) is 0 Å². The van der Waals surface area contributed by atoms with Crippen molar-refractivity contribution in [3.05, 3.63) is 24.0 Å². The average molecular weight is 123 g/mol. The molecule has 9 heavy (non-hydrogen) atoms. The van der Waals surface area contributed by atoms with Gasteiger partial charge in [0.1, 0.15) is 0 Å². The average Bonchev–Trinajstić information content (AvgIpc) is 2.33. The van der Waals surface area contributed by atoms with Crippen LogP contribution in [0, 0.1) is 5.92 Å². The Morgan fingerprint density at radius 3 is 3.00 bits per heavy atom. The molecule has 50 valence electrons. The molecular formula is C8H13N. The second-order valence-electron chi connectivity index (χ2n) is 2.26. The van der Waals surface area contributed by atoms with Gasteiger partial charge in [-0.1, -0.05) is 19.1 Å². The van der Waals surface area contributed by atoms with Gasteiger partial charge in [0.15, 0.2) is 0 Å². The summed E-state index contributed by atoms with van der Waals surface area (Å²) in [6, 6.07) is 0. The molecule has 0 bridgehead atoms. The molecule has 0 radical (unpaired) electrons. The fourth-order valence-corrected chi connectivity index (χ4v) is 1.12. The van der Waals surface area contributed by atoms with E-state index in [9.17, 15) is 0 Å². The van der Waals surface area contributed by atoms with E-state index in [1.165, 1.54) is 12.1 Å². The Morgan fingerprint density at radius 1 is 1.78 bits per heavy atom. The van der Waals surface area contributed by atoms with Crippen molar-refractivity contribution in [1.29, 1.82) is 0 Å². The smallest absolute Gasteiger partial charge is 0.0181 e. The fraction of sp³-hybridized carbons (Fsp3) is 0.500. The molecular weight excluding hydrogens is 110 g/mol. The molecule has 1 N–H and O–H groups in total. The van der Waals surface area contributed by atoms with Crippen LogP contribution in [0.2, 0.25) is 0 Å². The Kier molecular flexibility index (Phi) is 1.93. The topological polar surface area (TPSA) is 12.0 Å². The largest absolute Gasteiger partial charge is 0.365 e. The summed E-state index contributed by atoms with van der Waals surface area (Å²) >= 11 is 0. The van der Waals surface area contributed by atoms with Crippen LogP contribution in [0.4, 0.5) is 0 Å². The van der Waals surface area contributed by atoms with Crippen LogP contribution >= 0.6 is 0 Å². The first-order valence-corrected chi connectivity index (χ1v) is 3.48. The van der Waals surface area contributed by atoms with E-state index in [1.807, 2.05) is 6.20 Å². The Morgan fingerprint density at radius 2 is 2.56 bits per heavy atom. The van der Waals surface area contributed by atoms with Gasteiger partial charge in [-0.25, -0.2) is 0 Å². The number of nitrogens with one attached hydrogen (secondary N) is 1. The van der Waals surface area contributed by atoms with E-state index in [4.69, 9.17) is 0 Å². The van der Waals surface area contributed by atoms with E-state index in [2.05, 4.69) is 31.3 Å². The van der Waals surface area contributed by atoms with E-state index >= 15 is 0 Å². The maximum absolute atomic E-state index is 3.19. The summed E-state index contributed by atoms with van der Waals surface area (Å²) in [6.45, 7) is 4.27. The number of hydrogen-bond donors (Lipinski definition) is 1. The highest BCUT2D eigenvalue weighted by Crippen LogP contribution is 2.18. The predicted molar refractivity (Wildman–Crippen MR) is 39.8 cm³/mol. The Bertz CT molecular complexity index is 145. The van der Waals surface area contributed by atoms with Gasteiger partial charge in [-0.3, -0.25) is 0 Å². The lowest BCUT2D eigenvalue weighted by Crippen LogP contribution is -2.04. The predicted octanol–water partition coefficient (Wildman–Crippen LogP) is 2.03. The molecule has 1 rings (SSSR count). The number of allylic oxidation sites excluding steroid dienone is 2. The first-order valence-electron chi connectivity index (χ1n) is 3.48. The highest BCUT2D eigenvalue weighted by molar-refractivity contribution is 5.18. The third-order valence-corrected chi connectivity index (χ3v) is 1.73. The van der Waals surface area contributed by atoms with E-state index < -0.39 is 0 Å². The zero-order chi connectivity index (χ0) is 6.69. The van der Waals surface area contributed by atoms with Gasteiger partial charge in [0.25, 0.3) is 0 Å². The molecule has 0 aromatic carbocycles. The van der Waals surface area contributed by atoms with Gasteiger partial charge in [0.2, 0.25) is 0 Å². The van der Waals surface area contributed by atoms with Crippen LogP contribution in [-0.4, -0.2) is 0 Å². The molecule has 1 atom stereocenters. The van der Waals surface area contributed by atoms with Gasteiger partial charge in [0.05, 0.1) is 0 Å². The zero-order valence-electron chi connectivity index (χ0n) is 6.02. The quantitative estimate of drug-likeness (QED) is 0.562. The second kappa shape index (κ2) is 2.72. The zero-order valence-corrected chi connectivity index (χ0v) is 6.02. The molecule has 0 saturated carbocycles. The summed E-state index contributed by atoms with van der Waals surface area (Å²) in [4.78, 5) is 0. The van der Waals surface area contributed by atoms with Crippen molar-refractivity contribution in [1.82, 2.24) is 5.32 Å². The van der Waals surface area contributed by atoms with Crippen LogP contribution in [0.5, 0.6) is 0 Å². The fourth-order valence-electron chi connectivity index (χ4n) is 1.12. The molecule has 1 heteroatoms. The third-order valence-electron chi connectivity index (χ3n) is 1.73. The summed E-state index contributed by atoms with van der Waals surface area (Å²) in [6.07, 6.45) is 7.55. The maximum atomic E-state index is 3.19. The third kappa shape index (κ3) is 1.15. The molecule has 1 aliphatic rings. The van der Waals surface area contributed by atoms with E-state index in [1.54, 1.807) is 0 Å². The van der Waals surface area contributed by atoms with E-state index in [-0.39, 0.29) is 0 Å². The Balaban J connectivity index is 2.60. The Labute approximate surface area is 56.5 Å². The number of hydrogen-bond acceptors (Lipinski definition) is 1. The van der Waals surface area contributed by atoms with Crippen molar-refractivity contribution in [3.8, 4) is 0 Å². The van der Waals surface area contributed by atoms with Crippen molar-refractivity contribution in [2.45, 2.75) is 20.3 Å². The molecule has 1 nitrogen and oxygen atoms in total. The summed E-state index contributed by atoms with van der Waals surface area (Å²) in [5, 5.41) is 3.19. The molecule has 0 aliphatic carbocycles. The minimum absolute atomic E-state index is 0.648. The van der Waals surface area contributed by atoms with Gasteiger partial charge in [-0.2, -0.15) is 0 Å². The van der Waals surface area contributed by atoms with Crippen LogP contribution < -0.4 is 5.32 Å². The molecule has 0 aromatic rings. The van der Waals surface area contributed by atoms with Gasteiger partial charge < -0.3 is 5.32 Å². The van der Waals surface area contributed by atoms with Crippen molar-refractivity contribution in [3.63, 3.8) is 0 Å². The first kappa shape index (κ1) is 6.40. The highest BCUT2D eigenvalue weighted by atomic mass is 14.9. The minimum atomic E-state index is 0.648. The van der Waals surface area contributed by atoms with Crippen LogP contribution in [0.15, 0.2) is 24.0 Å². The lowest BCUT2D eigenvalue weighted by molar-refractivity contribution is 0.720. The first-order chi connectivity index (χ1) is 4.38. The maximum Gasteiger partial charge on any atom is 0.0181 e. The molecule has 0 amide bonds. The number of rotatable bonds is 1. The summed E-state index contributed by atoms with van der Waals surface area (Å²) in [5.74, 6) is 0.648. The summed E-state index contributed by atoms with van der Waals surface area (Å²) in [5.41, 5.74) is 1.34. The van der Waals surface area contributed by atoms with Gasteiger partial charge in [0, 0.05) is 11.6 Å². The molecule has 0 saturated heterocycles. The van der Waals surface area contributed by atoms with E-state index in [0.717, 1.165) is 0 Å². The second-order valence-corrected chi connectivity index (χ2v) is 2.26. The molecule has 0 aromatic heterocycles. The van der Waals surface area contributed by atoms with Gasteiger partial charge in [-0.15, -0.1) is 0 Å². The standard InChI is InChI=1S/C8H13N/c1-3-7-5-6-9-8(7)4-2/h4-7,9H,3H2,1-2H3/b8-4+. The highest BCUT2D eigenvalue weighted by Gasteiger charge is 2.10. The molecule has 0 fully saturated rings. The van der Waals surface area contributed by atoms with Crippen molar-refractivity contribution < 1.29 is 0 Å². The lowest BCUT2D eigenvalue weighted by Gasteiger charge is -2.05. The van der Waals surface area contributed by atoms with Crippen LogP contribution in [0.25, 0.3) is 0 Å². The van der Waals surface area contributed by atoms with Gasteiger partial charge in [-0.05, 0) is 19.5 Å². The normalized spacial score (nSPS) is 29.1. The van der Waals surface area contributed by atoms with Crippen molar-refractivity contribution in [2.75, 3.05) is 0 Å². The molecule has 1 heterocycles. The van der Waals surface area contributed by atoms with Crippen LogP contribution in [0.3, 0.4) is 0 Å². The Hall–Kier alpha value is -0.720. The lowest BCUT2D eigenvalue weighted by atomic mass is 10.1. The molecule has 1 unspecified atom stereocenters. The van der Waals surface area contributed by atoms with E-state index in [0.29, 0.717) is 5.92 Å². The van der Waals surface area contributed by atoms with Crippen LogP contribution in [0.1, 0.15) is 20.3 Å².